The summed E-state index contributed by atoms with van der Waals surface area (Å²) in [4.78, 5) is 17.2. The van der Waals surface area contributed by atoms with Crippen LogP contribution in [0.5, 0.6) is 0 Å². The van der Waals surface area contributed by atoms with Gasteiger partial charge in [-0.05, 0) is 36.5 Å². The second-order valence-corrected chi connectivity index (χ2v) is 8.75. The molecule has 154 valence electrons. The van der Waals surface area contributed by atoms with Gasteiger partial charge >= 0.3 is 0 Å². The zero-order valence-corrected chi connectivity index (χ0v) is 16.4. The number of rotatable bonds is 4. The molecule has 0 radical (unpaired) electrons. The number of aliphatic hydroxyl groups excluding tert-OH is 1. The molecular formula is C21H26FN5O2. The number of likely N-dealkylation sites (tertiary alicyclic amines) is 2. The van der Waals surface area contributed by atoms with Gasteiger partial charge in [0.15, 0.2) is 0 Å². The van der Waals surface area contributed by atoms with Crippen LogP contribution < -0.4 is 0 Å². The molecule has 1 N–H and O–H groups in total. The molecule has 2 atom stereocenters. The van der Waals surface area contributed by atoms with E-state index in [9.17, 15) is 14.3 Å². The van der Waals surface area contributed by atoms with E-state index in [1.807, 2.05) is 15.5 Å². The quantitative estimate of drug-likeness (QED) is 0.839. The standard InChI is InChI=1S/C21H26FN5O2/c22-17-5-3-4-15(8-17)9-25-10-16-11-26(13-21(16,12-25)14-28)20(29)19-24-23-18-6-1-2-7-27(18)19/h3-5,8,16,28H,1-2,6-7,9-14H2. The van der Waals surface area contributed by atoms with Crippen LogP contribution in [0.4, 0.5) is 4.39 Å². The lowest BCUT2D eigenvalue weighted by atomic mass is 9.82. The monoisotopic (exact) mass is 399 g/mol. The van der Waals surface area contributed by atoms with Crippen molar-refractivity contribution in [2.24, 2.45) is 11.3 Å². The van der Waals surface area contributed by atoms with Gasteiger partial charge in [-0.25, -0.2) is 4.39 Å². The van der Waals surface area contributed by atoms with Crippen molar-refractivity contribution in [2.45, 2.75) is 32.4 Å². The second kappa shape index (κ2) is 7.18. The maximum atomic E-state index is 13.5. The van der Waals surface area contributed by atoms with Gasteiger partial charge in [0, 0.05) is 51.1 Å². The molecule has 2 fully saturated rings. The van der Waals surface area contributed by atoms with E-state index in [0.29, 0.717) is 32.0 Å². The Morgan fingerprint density at radius 2 is 2.14 bits per heavy atom. The van der Waals surface area contributed by atoms with Crippen LogP contribution in [0.15, 0.2) is 24.3 Å². The van der Waals surface area contributed by atoms with Gasteiger partial charge < -0.3 is 14.6 Å². The van der Waals surface area contributed by atoms with Gasteiger partial charge in [-0.15, -0.1) is 10.2 Å². The molecule has 2 saturated heterocycles. The van der Waals surface area contributed by atoms with Crippen LogP contribution in [-0.4, -0.2) is 68.4 Å². The normalized spacial score (nSPS) is 26.6. The molecule has 2 aromatic rings. The molecule has 0 bridgehead atoms. The highest BCUT2D eigenvalue weighted by Crippen LogP contribution is 2.43. The molecular weight excluding hydrogens is 373 g/mol. The number of benzene rings is 1. The Bertz CT molecular complexity index is 932. The molecule has 2 unspecified atom stereocenters. The number of carbonyl (C=O) groups excluding carboxylic acids is 1. The SMILES string of the molecule is O=C(c1nnc2n1CCCC2)N1CC2CN(Cc3cccc(F)c3)CC2(CO)C1. The number of nitrogens with zero attached hydrogens (tertiary/aromatic N) is 5. The molecule has 0 spiro atoms. The highest BCUT2D eigenvalue weighted by atomic mass is 19.1. The minimum Gasteiger partial charge on any atom is -0.396 e. The maximum Gasteiger partial charge on any atom is 0.291 e. The van der Waals surface area contributed by atoms with Crippen LogP contribution in [0.25, 0.3) is 0 Å². The summed E-state index contributed by atoms with van der Waals surface area (Å²) in [5.41, 5.74) is 0.606. The molecule has 29 heavy (non-hydrogen) atoms. The summed E-state index contributed by atoms with van der Waals surface area (Å²) in [6, 6.07) is 6.66. The summed E-state index contributed by atoms with van der Waals surface area (Å²) in [6.07, 6.45) is 3.01. The van der Waals surface area contributed by atoms with Crippen LogP contribution >= 0.6 is 0 Å². The van der Waals surface area contributed by atoms with Crippen molar-refractivity contribution < 1.29 is 14.3 Å². The van der Waals surface area contributed by atoms with E-state index < -0.39 is 0 Å². The zero-order valence-electron chi connectivity index (χ0n) is 16.4. The first kappa shape index (κ1) is 18.7. The molecule has 0 saturated carbocycles. The summed E-state index contributed by atoms with van der Waals surface area (Å²) in [5.74, 6) is 1.23. The van der Waals surface area contributed by atoms with E-state index in [0.717, 1.165) is 43.7 Å². The Balaban J connectivity index is 1.29. The van der Waals surface area contributed by atoms with Gasteiger partial charge in [-0.2, -0.15) is 0 Å². The maximum absolute atomic E-state index is 13.5. The Morgan fingerprint density at radius 3 is 2.93 bits per heavy atom. The predicted molar refractivity (Wildman–Crippen MR) is 104 cm³/mol. The van der Waals surface area contributed by atoms with Crippen LogP contribution in [0.1, 0.15) is 34.8 Å². The number of fused-ring (bicyclic) bond motifs is 2. The van der Waals surface area contributed by atoms with Crippen molar-refractivity contribution in [1.82, 2.24) is 24.6 Å². The molecule has 1 aromatic carbocycles. The van der Waals surface area contributed by atoms with E-state index in [1.165, 1.54) is 6.07 Å². The van der Waals surface area contributed by atoms with E-state index in [2.05, 4.69) is 15.1 Å². The third-order valence-corrected chi connectivity index (χ3v) is 6.78. The summed E-state index contributed by atoms with van der Waals surface area (Å²) in [5, 5.41) is 18.6. The third kappa shape index (κ3) is 3.24. The van der Waals surface area contributed by atoms with Gasteiger partial charge in [0.05, 0.1) is 6.61 Å². The van der Waals surface area contributed by atoms with Crippen LogP contribution in [0.3, 0.4) is 0 Å². The molecule has 1 amide bonds. The summed E-state index contributed by atoms with van der Waals surface area (Å²) < 4.78 is 15.5. The third-order valence-electron chi connectivity index (χ3n) is 6.78. The Morgan fingerprint density at radius 1 is 1.24 bits per heavy atom. The number of hydrogen-bond acceptors (Lipinski definition) is 5. The molecule has 4 heterocycles. The average molecular weight is 399 g/mol. The molecule has 7 nitrogen and oxygen atoms in total. The minimum atomic E-state index is -0.326. The van der Waals surface area contributed by atoms with E-state index in [1.54, 1.807) is 12.1 Å². The lowest BCUT2D eigenvalue weighted by molar-refractivity contribution is 0.0701. The van der Waals surface area contributed by atoms with Crippen molar-refractivity contribution in [3.63, 3.8) is 0 Å². The number of aromatic nitrogens is 3. The Labute approximate surface area is 169 Å². The van der Waals surface area contributed by atoms with Gasteiger partial charge in [0.25, 0.3) is 5.91 Å². The topological polar surface area (TPSA) is 74.5 Å². The predicted octanol–water partition coefficient (Wildman–Crippen LogP) is 1.32. The number of aryl methyl sites for hydroxylation is 1. The summed E-state index contributed by atoms with van der Waals surface area (Å²) in [7, 11) is 0. The second-order valence-electron chi connectivity index (χ2n) is 8.75. The highest BCUT2D eigenvalue weighted by molar-refractivity contribution is 5.91. The van der Waals surface area contributed by atoms with Crippen molar-refractivity contribution in [1.29, 1.82) is 0 Å². The van der Waals surface area contributed by atoms with Gasteiger partial charge in [-0.3, -0.25) is 9.69 Å². The molecule has 3 aliphatic heterocycles. The average Bonchev–Trinajstić information content (AvgIpc) is 3.38. The fourth-order valence-corrected chi connectivity index (χ4v) is 5.29. The first-order chi connectivity index (χ1) is 14.1. The number of aliphatic hydroxyl groups is 1. The molecule has 8 heteroatoms. The van der Waals surface area contributed by atoms with Gasteiger partial charge in [-0.1, -0.05) is 12.1 Å². The van der Waals surface area contributed by atoms with Crippen molar-refractivity contribution >= 4 is 5.91 Å². The van der Waals surface area contributed by atoms with E-state index >= 15 is 0 Å². The number of carbonyl (C=O) groups is 1. The first-order valence-corrected chi connectivity index (χ1v) is 10.4. The lowest BCUT2D eigenvalue weighted by Crippen LogP contribution is -2.39. The summed E-state index contributed by atoms with van der Waals surface area (Å²) >= 11 is 0. The largest absolute Gasteiger partial charge is 0.396 e. The lowest BCUT2D eigenvalue weighted by Gasteiger charge is -2.27. The van der Waals surface area contributed by atoms with Crippen LogP contribution in [0, 0.1) is 17.2 Å². The highest BCUT2D eigenvalue weighted by Gasteiger charge is 2.53. The van der Waals surface area contributed by atoms with Gasteiger partial charge in [0.2, 0.25) is 5.82 Å². The first-order valence-electron chi connectivity index (χ1n) is 10.4. The number of hydrogen-bond donors (Lipinski definition) is 1. The fourth-order valence-electron chi connectivity index (χ4n) is 5.29. The van der Waals surface area contributed by atoms with E-state index in [4.69, 9.17) is 0 Å². The van der Waals surface area contributed by atoms with Crippen LogP contribution in [0.2, 0.25) is 0 Å². The molecule has 5 rings (SSSR count). The van der Waals surface area contributed by atoms with Gasteiger partial charge in [0.1, 0.15) is 11.6 Å². The number of halogens is 1. The Hall–Kier alpha value is -2.32. The molecule has 0 aliphatic carbocycles. The van der Waals surface area contributed by atoms with E-state index in [-0.39, 0.29) is 29.7 Å². The fraction of sp³-hybridized carbons (Fsp3) is 0.571. The van der Waals surface area contributed by atoms with Crippen molar-refractivity contribution in [3.8, 4) is 0 Å². The van der Waals surface area contributed by atoms with Crippen molar-refractivity contribution in [2.75, 3.05) is 32.8 Å². The molecule has 3 aliphatic rings. The number of amides is 1. The van der Waals surface area contributed by atoms with Crippen LogP contribution in [-0.2, 0) is 19.5 Å². The smallest absolute Gasteiger partial charge is 0.291 e. The van der Waals surface area contributed by atoms with Crippen molar-refractivity contribution in [3.05, 3.63) is 47.3 Å². The molecule has 1 aromatic heterocycles. The Kier molecular flexibility index (Phi) is 4.63. The minimum absolute atomic E-state index is 0.0407. The summed E-state index contributed by atoms with van der Waals surface area (Å²) in [6.45, 7) is 4.12. The zero-order chi connectivity index (χ0) is 20.0.